The Morgan fingerprint density at radius 3 is 2.27 bits per heavy atom. The monoisotopic (exact) mass is 308 g/mol. The standard InChI is InChI=1S/C16H28N4O2/c17-16(6-7-16)15(22)20-10-8-19(9-11-20)12-14(21)18-13-4-2-1-3-5-13/h13H,1-12,17H2,(H,18,21). The first-order chi connectivity index (χ1) is 10.6. The number of amides is 2. The number of nitrogens with zero attached hydrogens (tertiary/aromatic N) is 2. The summed E-state index contributed by atoms with van der Waals surface area (Å²) < 4.78 is 0. The Labute approximate surface area is 132 Å². The van der Waals surface area contributed by atoms with Crippen molar-refractivity contribution in [3.63, 3.8) is 0 Å². The maximum absolute atomic E-state index is 12.2. The fourth-order valence-electron chi connectivity index (χ4n) is 3.50. The number of nitrogens with two attached hydrogens (primary N) is 1. The highest BCUT2D eigenvalue weighted by Crippen LogP contribution is 2.34. The van der Waals surface area contributed by atoms with Gasteiger partial charge in [0.15, 0.2) is 0 Å². The quantitative estimate of drug-likeness (QED) is 0.770. The topological polar surface area (TPSA) is 78.7 Å². The number of hydrogen-bond acceptors (Lipinski definition) is 4. The van der Waals surface area contributed by atoms with E-state index < -0.39 is 5.54 Å². The molecule has 2 aliphatic carbocycles. The van der Waals surface area contributed by atoms with E-state index in [1.54, 1.807) is 0 Å². The molecule has 3 rings (SSSR count). The van der Waals surface area contributed by atoms with Crippen LogP contribution in [0, 0.1) is 0 Å². The Morgan fingerprint density at radius 1 is 1.05 bits per heavy atom. The van der Waals surface area contributed by atoms with Crippen molar-refractivity contribution >= 4 is 11.8 Å². The second kappa shape index (κ2) is 6.54. The summed E-state index contributed by atoms with van der Waals surface area (Å²) in [4.78, 5) is 28.3. The molecule has 1 aliphatic heterocycles. The molecule has 0 aromatic rings. The molecule has 1 saturated heterocycles. The van der Waals surface area contributed by atoms with Crippen molar-refractivity contribution in [2.75, 3.05) is 32.7 Å². The number of carbonyl (C=O) groups is 2. The van der Waals surface area contributed by atoms with Crippen LogP contribution in [0.5, 0.6) is 0 Å². The second-order valence-corrected chi connectivity index (χ2v) is 7.13. The van der Waals surface area contributed by atoms with Crippen LogP contribution in [-0.4, -0.2) is 65.9 Å². The Hall–Kier alpha value is -1.14. The molecular weight excluding hydrogens is 280 g/mol. The number of nitrogens with one attached hydrogen (secondary N) is 1. The molecule has 3 N–H and O–H groups in total. The van der Waals surface area contributed by atoms with Crippen molar-refractivity contribution in [1.82, 2.24) is 15.1 Å². The minimum Gasteiger partial charge on any atom is -0.352 e. The summed E-state index contributed by atoms with van der Waals surface area (Å²) in [6, 6.07) is 0.371. The van der Waals surface area contributed by atoms with E-state index in [0.29, 0.717) is 25.7 Å². The van der Waals surface area contributed by atoms with Crippen LogP contribution in [0.15, 0.2) is 0 Å². The molecule has 22 heavy (non-hydrogen) atoms. The Balaban J connectivity index is 1.38. The molecule has 0 atom stereocenters. The molecule has 124 valence electrons. The summed E-state index contributed by atoms with van der Waals surface area (Å²) in [5, 5.41) is 3.15. The van der Waals surface area contributed by atoms with Crippen molar-refractivity contribution in [2.45, 2.75) is 56.5 Å². The second-order valence-electron chi connectivity index (χ2n) is 7.13. The molecule has 0 spiro atoms. The van der Waals surface area contributed by atoms with Gasteiger partial charge in [-0.25, -0.2) is 0 Å². The van der Waals surface area contributed by atoms with Crippen LogP contribution >= 0.6 is 0 Å². The number of rotatable bonds is 4. The third kappa shape index (κ3) is 3.79. The highest BCUT2D eigenvalue weighted by Gasteiger charge is 2.48. The van der Waals surface area contributed by atoms with E-state index in [1.807, 2.05) is 4.90 Å². The lowest BCUT2D eigenvalue weighted by Crippen LogP contribution is -2.55. The van der Waals surface area contributed by atoms with E-state index >= 15 is 0 Å². The van der Waals surface area contributed by atoms with Gasteiger partial charge in [0.1, 0.15) is 0 Å². The van der Waals surface area contributed by atoms with Gasteiger partial charge in [-0.2, -0.15) is 0 Å². The molecular formula is C16H28N4O2. The van der Waals surface area contributed by atoms with E-state index in [-0.39, 0.29) is 11.8 Å². The lowest BCUT2D eigenvalue weighted by Gasteiger charge is -2.36. The maximum Gasteiger partial charge on any atom is 0.242 e. The first kappa shape index (κ1) is 15.7. The van der Waals surface area contributed by atoms with E-state index in [9.17, 15) is 9.59 Å². The van der Waals surface area contributed by atoms with Crippen LogP contribution in [0.25, 0.3) is 0 Å². The molecule has 6 nitrogen and oxygen atoms in total. The summed E-state index contributed by atoms with van der Waals surface area (Å²) in [5.41, 5.74) is 5.40. The van der Waals surface area contributed by atoms with Gasteiger partial charge in [-0.05, 0) is 25.7 Å². The fraction of sp³-hybridized carbons (Fsp3) is 0.875. The first-order valence-electron chi connectivity index (χ1n) is 8.67. The number of piperazine rings is 1. The fourth-order valence-corrected chi connectivity index (χ4v) is 3.50. The Kier molecular flexibility index (Phi) is 4.68. The van der Waals surface area contributed by atoms with Crippen molar-refractivity contribution < 1.29 is 9.59 Å². The minimum absolute atomic E-state index is 0.0961. The normalized spacial score (nSPS) is 25.8. The van der Waals surface area contributed by atoms with Gasteiger partial charge in [-0.15, -0.1) is 0 Å². The summed E-state index contributed by atoms with van der Waals surface area (Å²) >= 11 is 0. The van der Waals surface area contributed by atoms with Gasteiger partial charge in [0, 0.05) is 32.2 Å². The zero-order valence-electron chi connectivity index (χ0n) is 13.4. The molecule has 0 radical (unpaired) electrons. The largest absolute Gasteiger partial charge is 0.352 e. The summed E-state index contributed by atoms with van der Waals surface area (Å²) in [7, 11) is 0. The van der Waals surface area contributed by atoms with E-state index in [1.165, 1.54) is 19.3 Å². The molecule has 0 aromatic heterocycles. The van der Waals surface area contributed by atoms with Gasteiger partial charge in [0.05, 0.1) is 12.1 Å². The van der Waals surface area contributed by atoms with Crippen LogP contribution in [0.4, 0.5) is 0 Å². The van der Waals surface area contributed by atoms with Gasteiger partial charge in [-0.1, -0.05) is 19.3 Å². The molecule has 1 heterocycles. The van der Waals surface area contributed by atoms with Gasteiger partial charge in [0.2, 0.25) is 11.8 Å². The Bertz CT molecular complexity index is 422. The predicted molar refractivity (Wildman–Crippen MR) is 84.2 cm³/mol. The molecule has 2 amide bonds. The predicted octanol–water partition coefficient (Wildman–Crippen LogP) is 0.0708. The van der Waals surface area contributed by atoms with Crippen molar-refractivity contribution in [3.05, 3.63) is 0 Å². The van der Waals surface area contributed by atoms with Crippen molar-refractivity contribution in [2.24, 2.45) is 5.73 Å². The number of hydrogen-bond donors (Lipinski definition) is 2. The van der Waals surface area contributed by atoms with Gasteiger partial charge in [-0.3, -0.25) is 14.5 Å². The smallest absolute Gasteiger partial charge is 0.242 e. The van der Waals surface area contributed by atoms with Gasteiger partial charge in [0.25, 0.3) is 0 Å². The molecule has 0 unspecified atom stereocenters. The molecule has 6 heteroatoms. The Morgan fingerprint density at radius 2 is 1.68 bits per heavy atom. The maximum atomic E-state index is 12.2. The number of carbonyl (C=O) groups excluding carboxylic acids is 2. The lowest BCUT2D eigenvalue weighted by atomic mass is 9.95. The summed E-state index contributed by atoms with van der Waals surface area (Å²) in [6.45, 7) is 3.36. The molecule has 3 aliphatic rings. The molecule has 0 bridgehead atoms. The van der Waals surface area contributed by atoms with E-state index in [0.717, 1.165) is 38.8 Å². The lowest BCUT2D eigenvalue weighted by molar-refractivity contribution is -0.135. The van der Waals surface area contributed by atoms with Crippen LogP contribution < -0.4 is 11.1 Å². The minimum atomic E-state index is -0.569. The van der Waals surface area contributed by atoms with Crippen molar-refractivity contribution in [1.29, 1.82) is 0 Å². The SMILES string of the molecule is NC1(C(=O)N2CCN(CC(=O)NC3CCCCC3)CC2)CC1. The summed E-state index contributed by atoms with van der Waals surface area (Å²) in [6.07, 6.45) is 7.62. The van der Waals surface area contributed by atoms with Crippen molar-refractivity contribution in [3.8, 4) is 0 Å². The van der Waals surface area contributed by atoms with E-state index in [2.05, 4.69) is 10.2 Å². The third-order valence-electron chi connectivity index (χ3n) is 5.21. The van der Waals surface area contributed by atoms with Gasteiger partial charge >= 0.3 is 0 Å². The molecule has 3 fully saturated rings. The van der Waals surface area contributed by atoms with Crippen LogP contribution in [0.3, 0.4) is 0 Å². The highest BCUT2D eigenvalue weighted by molar-refractivity contribution is 5.89. The van der Waals surface area contributed by atoms with Crippen LogP contribution in [0.1, 0.15) is 44.9 Å². The zero-order valence-corrected chi connectivity index (χ0v) is 13.4. The third-order valence-corrected chi connectivity index (χ3v) is 5.21. The molecule has 2 saturated carbocycles. The van der Waals surface area contributed by atoms with E-state index in [4.69, 9.17) is 5.73 Å². The van der Waals surface area contributed by atoms with Gasteiger partial charge < -0.3 is 16.0 Å². The average molecular weight is 308 g/mol. The zero-order chi connectivity index (χ0) is 15.6. The van der Waals surface area contributed by atoms with Crippen LogP contribution in [0.2, 0.25) is 0 Å². The highest BCUT2D eigenvalue weighted by atomic mass is 16.2. The first-order valence-corrected chi connectivity index (χ1v) is 8.67. The average Bonchev–Trinajstić information content (AvgIpc) is 3.27. The van der Waals surface area contributed by atoms with Crippen LogP contribution in [-0.2, 0) is 9.59 Å². The summed E-state index contributed by atoms with van der Waals surface area (Å²) in [5.74, 6) is 0.225. The molecule has 0 aromatic carbocycles.